The van der Waals surface area contributed by atoms with Gasteiger partial charge >= 0.3 is 0 Å². The van der Waals surface area contributed by atoms with E-state index in [0.29, 0.717) is 11.1 Å². The van der Waals surface area contributed by atoms with Crippen molar-refractivity contribution in [1.82, 2.24) is 14.5 Å². The molecule has 1 atom stereocenters. The van der Waals surface area contributed by atoms with Gasteiger partial charge in [0.05, 0.1) is 0 Å². The quantitative estimate of drug-likeness (QED) is 0.807. The van der Waals surface area contributed by atoms with Crippen molar-refractivity contribution in [3.05, 3.63) is 24.2 Å². The molecule has 0 spiro atoms. The van der Waals surface area contributed by atoms with Crippen LogP contribution in [0.3, 0.4) is 0 Å². The lowest BCUT2D eigenvalue weighted by Crippen LogP contribution is -2.13. The number of aryl methyl sites for hydroxylation is 1. The fourth-order valence-corrected chi connectivity index (χ4v) is 3.89. The van der Waals surface area contributed by atoms with E-state index in [2.05, 4.69) is 26.3 Å². The maximum atomic E-state index is 5.87. The lowest BCUT2D eigenvalue weighted by molar-refractivity contribution is 0.623. The molecule has 1 aliphatic heterocycles. The van der Waals surface area contributed by atoms with Gasteiger partial charge in [-0.15, -0.1) is 11.6 Å². The fraction of sp³-hybridized carbons (Fsp3) is 0.538. The predicted octanol–water partition coefficient (Wildman–Crippen LogP) is 3.11. The molecule has 5 heteroatoms. The molecule has 0 N–H and O–H groups in total. The Morgan fingerprint density at radius 2 is 2.44 bits per heavy atom. The van der Waals surface area contributed by atoms with Gasteiger partial charge in [-0.2, -0.15) is 11.8 Å². The Labute approximate surface area is 116 Å². The van der Waals surface area contributed by atoms with E-state index in [-0.39, 0.29) is 0 Å². The van der Waals surface area contributed by atoms with Crippen molar-refractivity contribution >= 4 is 34.5 Å². The second kappa shape index (κ2) is 5.49. The lowest BCUT2D eigenvalue weighted by Gasteiger charge is -2.12. The fourth-order valence-electron chi connectivity index (χ4n) is 2.46. The average Bonchev–Trinajstić information content (AvgIpc) is 3.00. The number of hydrogen-bond donors (Lipinski definition) is 0. The van der Waals surface area contributed by atoms with Crippen LogP contribution in [0.5, 0.6) is 0 Å². The first-order chi connectivity index (χ1) is 8.88. The van der Waals surface area contributed by atoms with Crippen molar-refractivity contribution in [3.63, 3.8) is 0 Å². The number of fused-ring (bicyclic) bond motifs is 1. The van der Waals surface area contributed by atoms with Crippen LogP contribution in [-0.2, 0) is 13.0 Å². The van der Waals surface area contributed by atoms with Gasteiger partial charge in [-0.25, -0.2) is 9.97 Å². The first-order valence-electron chi connectivity index (χ1n) is 6.36. The summed E-state index contributed by atoms with van der Waals surface area (Å²) in [7, 11) is 0. The van der Waals surface area contributed by atoms with Gasteiger partial charge in [0.25, 0.3) is 0 Å². The first kappa shape index (κ1) is 12.3. The summed E-state index contributed by atoms with van der Waals surface area (Å²) in [6.45, 7) is 1.02. The standard InChI is InChI=1S/C13H16ClN3S/c14-6-5-12-16-11-4-1-7-15-13(11)17(12)9-10-3-2-8-18-10/h1,4,7,10H,2-3,5-6,8-9H2. The predicted molar refractivity (Wildman–Crippen MR) is 77.4 cm³/mol. The third kappa shape index (κ3) is 2.36. The molecule has 1 saturated heterocycles. The van der Waals surface area contributed by atoms with E-state index in [9.17, 15) is 0 Å². The Balaban J connectivity index is 1.97. The van der Waals surface area contributed by atoms with Crippen molar-refractivity contribution in [3.8, 4) is 0 Å². The Morgan fingerprint density at radius 3 is 3.22 bits per heavy atom. The SMILES string of the molecule is ClCCc1nc2cccnc2n1CC1CCCS1. The molecular formula is C13H16ClN3S. The number of thioether (sulfide) groups is 1. The Kier molecular flexibility index (Phi) is 3.75. The van der Waals surface area contributed by atoms with Crippen LogP contribution in [0, 0.1) is 0 Å². The third-order valence-electron chi connectivity index (χ3n) is 3.31. The van der Waals surface area contributed by atoms with Gasteiger partial charge in [-0.05, 0) is 30.7 Å². The first-order valence-corrected chi connectivity index (χ1v) is 7.94. The molecule has 2 aromatic heterocycles. The highest BCUT2D eigenvalue weighted by atomic mass is 35.5. The Hall–Kier alpha value is -0.740. The summed E-state index contributed by atoms with van der Waals surface area (Å²) in [4.78, 5) is 9.13. The van der Waals surface area contributed by atoms with Gasteiger partial charge in [-0.3, -0.25) is 0 Å². The van der Waals surface area contributed by atoms with Crippen molar-refractivity contribution in [2.24, 2.45) is 0 Å². The molecule has 3 rings (SSSR count). The smallest absolute Gasteiger partial charge is 0.160 e. The number of alkyl halides is 1. The number of halogens is 1. The highest BCUT2D eigenvalue weighted by molar-refractivity contribution is 8.00. The molecule has 0 radical (unpaired) electrons. The van der Waals surface area contributed by atoms with Crippen molar-refractivity contribution < 1.29 is 0 Å². The minimum Gasteiger partial charge on any atom is -0.312 e. The molecule has 0 amide bonds. The highest BCUT2D eigenvalue weighted by Gasteiger charge is 2.19. The van der Waals surface area contributed by atoms with Crippen LogP contribution in [0.2, 0.25) is 0 Å². The zero-order chi connectivity index (χ0) is 12.4. The van der Waals surface area contributed by atoms with Crippen LogP contribution in [0.25, 0.3) is 11.2 Å². The topological polar surface area (TPSA) is 30.7 Å². The van der Waals surface area contributed by atoms with Gasteiger partial charge in [0.15, 0.2) is 5.65 Å². The minimum absolute atomic E-state index is 0.612. The van der Waals surface area contributed by atoms with Gasteiger partial charge in [-0.1, -0.05) is 0 Å². The Bertz CT molecular complexity index is 534. The van der Waals surface area contributed by atoms with E-state index in [0.717, 1.165) is 30.0 Å². The van der Waals surface area contributed by atoms with E-state index in [1.165, 1.54) is 18.6 Å². The summed E-state index contributed by atoms with van der Waals surface area (Å²) in [5, 5.41) is 0.707. The molecule has 96 valence electrons. The summed E-state index contributed by atoms with van der Waals surface area (Å²) in [5.41, 5.74) is 1.99. The van der Waals surface area contributed by atoms with Crippen LogP contribution in [-0.4, -0.2) is 31.4 Å². The summed E-state index contributed by atoms with van der Waals surface area (Å²) < 4.78 is 2.26. The molecule has 18 heavy (non-hydrogen) atoms. The minimum atomic E-state index is 0.612. The number of nitrogens with zero attached hydrogens (tertiary/aromatic N) is 3. The molecular weight excluding hydrogens is 266 g/mol. The molecule has 0 aromatic carbocycles. The number of pyridine rings is 1. The van der Waals surface area contributed by atoms with Gasteiger partial charge in [0.2, 0.25) is 0 Å². The second-order valence-corrected chi connectivity index (χ2v) is 6.34. The summed E-state index contributed by atoms with van der Waals surface area (Å²) in [6.07, 6.45) is 5.29. The van der Waals surface area contributed by atoms with Gasteiger partial charge < -0.3 is 4.57 Å². The van der Waals surface area contributed by atoms with Crippen LogP contribution < -0.4 is 0 Å². The van der Waals surface area contributed by atoms with Crippen LogP contribution in [0.15, 0.2) is 18.3 Å². The molecule has 2 aromatic rings. The number of imidazole rings is 1. The third-order valence-corrected chi connectivity index (χ3v) is 4.88. The number of hydrogen-bond acceptors (Lipinski definition) is 3. The van der Waals surface area contributed by atoms with Gasteiger partial charge in [0.1, 0.15) is 11.3 Å². The van der Waals surface area contributed by atoms with E-state index in [1.807, 2.05) is 18.3 Å². The Morgan fingerprint density at radius 1 is 1.50 bits per heavy atom. The lowest BCUT2D eigenvalue weighted by atomic mass is 10.2. The number of aromatic nitrogens is 3. The van der Waals surface area contributed by atoms with Crippen molar-refractivity contribution in [2.75, 3.05) is 11.6 Å². The normalized spacial score (nSPS) is 19.7. The maximum absolute atomic E-state index is 5.87. The van der Waals surface area contributed by atoms with Crippen LogP contribution in [0.1, 0.15) is 18.7 Å². The van der Waals surface area contributed by atoms with Gasteiger partial charge in [0, 0.05) is 30.3 Å². The molecule has 0 bridgehead atoms. The van der Waals surface area contributed by atoms with Crippen molar-refractivity contribution in [1.29, 1.82) is 0 Å². The summed E-state index contributed by atoms with van der Waals surface area (Å²) >= 11 is 7.94. The number of rotatable bonds is 4. The molecule has 3 heterocycles. The second-order valence-electron chi connectivity index (χ2n) is 4.56. The van der Waals surface area contributed by atoms with E-state index >= 15 is 0 Å². The summed E-state index contributed by atoms with van der Waals surface area (Å²) in [5.74, 6) is 2.97. The molecule has 0 saturated carbocycles. The largest absolute Gasteiger partial charge is 0.312 e. The van der Waals surface area contributed by atoms with E-state index < -0.39 is 0 Å². The van der Waals surface area contributed by atoms with Crippen LogP contribution >= 0.6 is 23.4 Å². The zero-order valence-corrected chi connectivity index (χ0v) is 11.8. The molecule has 0 aliphatic carbocycles. The molecule has 1 aliphatic rings. The summed E-state index contributed by atoms with van der Waals surface area (Å²) in [6, 6.07) is 3.97. The zero-order valence-electron chi connectivity index (χ0n) is 10.2. The van der Waals surface area contributed by atoms with E-state index in [1.54, 1.807) is 0 Å². The molecule has 3 nitrogen and oxygen atoms in total. The van der Waals surface area contributed by atoms with Crippen LogP contribution in [0.4, 0.5) is 0 Å². The maximum Gasteiger partial charge on any atom is 0.160 e. The average molecular weight is 282 g/mol. The molecule has 1 unspecified atom stereocenters. The van der Waals surface area contributed by atoms with E-state index in [4.69, 9.17) is 11.6 Å². The van der Waals surface area contributed by atoms with Crippen molar-refractivity contribution in [2.45, 2.75) is 31.1 Å². The highest BCUT2D eigenvalue weighted by Crippen LogP contribution is 2.29. The monoisotopic (exact) mass is 281 g/mol. The molecule has 1 fully saturated rings.